The molecule has 1 fully saturated rings. The van der Waals surface area contributed by atoms with Gasteiger partial charge in [-0.1, -0.05) is 18.2 Å². The van der Waals surface area contributed by atoms with E-state index >= 15 is 0 Å². The van der Waals surface area contributed by atoms with E-state index in [4.69, 9.17) is 5.11 Å². The molecule has 1 saturated heterocycles. The third-order valence-corrected chi connectivity index (χ3v) is 3.74. The molecule has 0 unspecified atom stereocenters. The number of amides is 1. The fourth-order valence-corrected chi connectivity index (χ4v) is 2.67. The highest BCUT2D eigenvalue weighted by Gasteiger charge is 2.31. The molecule has 2 N–H and O–H groups in total. The third-order valence-electron chi connectivity index (χ3n) is 3.74. The van der Waals surface area contributed by atoms with E-state index in [-0.39, 0.29) is 12.5 Å². The van der Waals surface area contributed by atoms with Crippen LogP contribution in [0.25, 0.3) is 0 Å². The van der Waals surface area contributed by atoms with Crippen LogP contribution in [-0.2, 0) is 9.59 Å². The Kier molecular flexibility index (Phi) is 4.39. The van der Waals surface area contributed by atoms with Crippen molar-refractivity contribution in [2.45, 2.75) is 32.7 Å². The van der Waals surface area contributed by atoms with E-state index < -0.39 is 12.0 Å². The lowest BCUT2D eigenvalue weighted by molar-refractivity contribution is -0.142. The van der Waals surface area contributed by atoms with E-state index in [2.05, 4.69) is 5.32 Å². The lowest BCUT2D eigenvalue weighted by Gasteiger charge is -2.21. The Morgan fingerprint density at radius 2 is 2.00 bits per heavy atom. The van der Waals surface area contributed by atoms with Gasteiger partial charge in [-0.3, -0.25) is 14.5 Å². The number of anilines is 1. The van der Waals surface area contributed by atoms with Gasteiger partial charge in [-0.25, -0.2) is 0 Å². The van der Waals surface area contributed by atoms with Crippen LogP contribution in [0.15, 0.2) is 18.2 Å². The first-order valence-corrected chi connectivity index (χ1v) is 6.82. The van der Waals surface area contributed by atoms with Gasteiger partial charge in [0.1, 0.15) is 6.04 Å². The highest BCUT2D eigenvalue weighted by Crippen LogP contribution is 2.20. The fraction of sp³-hybridized carbons (Fsp3) is 0.467. The summed E-state index contributed by atoms with van der Waals surface area (Å²) < 4.78 is 0. The van der Waals surface area contributed by atoms with Crippen molar-refractivity contribution >= 4 is 17.6 Å². The monoisotopic (exact) mass is 276 g/mol. The van der Waals surface area contributed by atoms with Crippen LogP contribution < -0.4 is 5.32 Å². The molecule has 0 radical (unpaired) electrons. The first-order chi connectivity index (χ1) is 9.49. The summed E-state index contributed by atoms with van der Waals surface area (Å²) in [4.78, 5) is 24.9. The average Bonchev–Trinajstić information content (AvgIpc) is 2.82. The second-order valence-corrected chi connectivity index (χ2v) is 5.28. The van der Waals surface area contributed by atoms with Gasteiger partial charge in [-0.15, -0.1) is 0 Å². The molecule has 1 heterocycles. The normalized spacial score (nSPS) is 19.0. The lowest BCUT2D eigenvalue weighted by Crippen LogP contribution is -2.41. The molecule has 5 nitrogen and oxygen atoms in total. The minimum absolute atomic E-state index is 0.130. The smallest absolute Gasteiger partial charge is 0.320 e. The molecule has 1 aromatic carbocycles. The van der Waals surface area contributed by atoms with E-state index in [0.717, 1.165) is 23.2 Å². The van der Waals surface area contributed by atoms with Crippen LogP contribution in [0.5, 0.6) is 0 Å². The highest BCUT2D eigenvalue weighted by molar-refractivity contribution is 5.94. The number of nitrogens with zero attached hydrogens (tertiary/aromatic N) is 1. The molecule has 1 aromatic rings. The SMILES string of the molecule is Cc1cccc(C)c1NC(=O)CN1CCC[C@H]1C(=O)O. The van der Waals surface area contributed by atoms with Gasteiger partial charge in [0.2, 0.25) is 5.91 Å². The van der Waals surface area contributed by atoms with Gasteiger partial charge in [-0.05, 0) is 44.4 Å². The first kappa shape index (κ1) is 14.5. The minimum atomic E-state index is -0.845. The maximum absolute atomic E-state index is 12.1. The topological polar surface area (TPSA) is 69.6 Å². The van der Waals surface area contributed by atoms with Crippen LogP contribution in [0.4, 0.5) is 5.69 Å². The summed E-state index contributed by atoms with van der Waals surface area (Å²) in [5.41, 5.74) is 2.84. The predicted molar refractivity (Wildman–Crippen MR) is 76.8 cm³/mol. The summed E-state index contributed by atoms with van der Waals surface area (Å²) in [5.74, 6) is -1.00. The number of benzene rings is 1. The van der Waals surface area contributed by atoms with Crippen molar-refractivity contribution in [2.24, 2.45) is 0 Å². The molecule has 1 amide bonds. The van der Waals surface area contributed by atoms with Crippen LogP contribution in [0.1, 0.15) is 24.0 Å². The summed E-state index contributed by atoms with van der Waals surface area (Å²) in [5, 5.41) is 12.0. The number of hydrogen-bond acceptors (Lipinski definition) is 3. The van der Waals surface area contributed by atoms with Crippen LogP contribution in [0, 0.1) is 13.8 Å². The molecule has 5 heteroatoms. The maximum Gasteiger partial charge on any atom is 0.320 e. The Morgan fingerprint density at radius 1 is 1.35 bits per heavy atom. The maximum atomic E-state index is 12.1. The third kappa shape index (κ3) is 3.17. The van der Waals surface area contributed by atoms with E-state index in [1.54, 1.807) is 4.90 Å². The lowest BCUT2D eigenvalue weighted by atomic mass is 10.1. The molecule has 0 aromatic heterocycles. The summed E-state index contributed by atoms with van der Waals surface area (Å²) in [7, 11) is 0. The fourth-order valence-electron chi connectivity index (χ4n) is 2.67. The Morgan fingerprint density at radius 3 is 2.60 bits per heavy atom. The number of aryl methyl sites for hydroxylation is 2. The van der Waals surface area contributed by atoms with E-state index in [0.29, 0.717) is 13.0 Å². The van der Waals surface area contributed by atoms with E-state index in [1.807, 2.05) is 32.0 Å². The second-order valence-electron chi connectivity index (χ2n) is 5.28. The Labute approximate surface area is 118 Å². The van der Waals surface area contributed by atoms with Crippen molar-refractivity contribution in [3.05, 3.63) is 29.3 Å². The van der Waals surface area contributed by atoms with E-state index in [9.17, 15) is 9.59 Å². The molecule has 0 aliphatic carbocycles. The number of carbonyl (C=O) groups excluding carboxylic acids is 1. The van der Waals surface area contributed by atoms with Crippen molar-refractivity contribution in [1.29, 1.82) is 0 Å². The molecule has 2 rings (SSSR count). The molecule has 0 bridgehead atoms. The van der Waals surface area contributed by atoms with Crippen molar-refractivity contribution in [1.82, 2.24) is 4.90 Å². The Bertz CT molecular complexity index is 508. The van der Waals surface area contributed by atoms with Crippen LogP contribution in [-0.4, -0.2) is 41.0 Å². The number of carboxylic acids is 1. The van der Waals surface area contributed by atoms with Gasteiger partial charge in [-0.2, -0.15) is 0 Å². The number of para-hydroxylation sites is 1. The highest BCUT2D eigenvalue weighted by atomic mass is 16.4. The summed E-state index contributed by atoms with van der Waals surface area (Å²) in [6.45, 7) is 4.68. The number of aliphatic carboxylic acids is 1. The molecule has 1 aliphatic heterocycles. The van der Waals surface area contributed by atoms with Crippen molar-refractivity contribution in [3.63, 3.8) is 0 Å². The summed E-state index contributed by atoms with van der Waals surface area (Å²) in [6, 6.07) is 5.30. The molecular formula is C15H20N2O3. The van der Waals surface area contributed by atoms with Crippen LogP contribution in [0.2, 0.25) is 0 Å². The zero-order valence-electron chi connectivity index (χ0n) is 11.8. The number of likely N-dealkylation sites (tertiary alicyclic amines) is 1. The number of carbonyl (C=O) groups is 2. The Balaban J connectivity index is 2.01. The van der Waals surface area contributed by atoms with Gasteiger partial charge in [0, 0.05) is 5.69 Å². The number of carboxylic acid groups (broad SMARTS) is 1. The van der Waals surface area contributed by atoms with Gasteiger partial charge in [0.15, 0.2) is 0 Å². The van der Waals surface area contributed by atoms with Crippen LogP contribution in [0.3, 0.4) is 0 Å². The number of nitrogens with one attached hydrogen (secondary N) is 1. The van der Waals surface area contributed by atoms with Gasteiger partial charge < -0.3 is 10.4 Å². The number of rotatable bonds is 4. The zero-order valence-corrected chi connectivity index (χ0v) is 11.8. The summed E-state index contributed by atoms with van der Waals surface area (Å²) >= 11 is 0. The largest absolute Gasteiger partial charge is 0.480 e. The molecule has 108 valence electrons. The van der Waals surface area contributed by atoms with Gasteiger partial charge in [0.25, 0.3) is 0 Å². The standard InChI is InChI=1S/C15H20N2O3/c1-10-5-3-6-11(2)14(10)16-13(18)9-17-8-4-7-12(17)15(19)20/h3,5-6,12H,4,7-9H2,1-2H3,(H,16,18)(H,19,20)/t12-/m0/s1. The molecule has 0 spiro atoms. The zero-order chi connectivity index (χ0) is 14.7. The van der Waals surface area contributed by atoms with Crippen molar-refractivity contribution in [2.75, 3.05) is 18.4 Å². The first-order valence-electron chi connectivity index (χ1n) is 6.82. The quantitative estimate of drug-likeness (QED) is 0.879. The molecule has 1 aliphatic rings. The second kappa shape index (κ2) is 6.05. The van der Waals surface area contributed by atoms with Crippen molar-refractivity contribution < 1.29 is 14.7 Å². The molecular weight excluding hydrogens is 256 g/mol. The minimum Gasteiger partial charge on any atom is -0.480 e. The van der Waals surface area contributed by atoms with Crippen LogP contribution >= 0.6 is 0 Å². The average molecular weight is 276 g/mol. The number of hydrogen-bond donors (Lipinski definition) is 2. The molecule has 20 heavy (non-hydrogen) atoms. The molecule has 1 atom stereocenters. The summed E-state index contributed by atoms with van der Waals surface area (Å²) in [6.07, 6.45) is 1.44. The molecule has 0 saturated carbocycles. The van der Waals surface area contributed by atoms with Crippen molar-refractivity contribution in [3.8, 4) is 0 Å². The van der Waals surface area contributed by atoms with E-state index in [1.165, 1.54) is 0 Å². The predicted octanol–water partition coefficient (Wildman–Crippen LogP) is 1.79. The van der Waals surface area contributed by atoms with Gasteiger partial charge >= 0.3 is 5.97 Å². The Hall–Kier alpha value is -1.88. The van der Waals surface area contributed by atoms with Gasteiger partial charge in [0.05, 0.1) is 6.54 Å².